The van der Waals surface area contributed by atoms with Crippen LogP contribution in [-0.4, -0.2) is 14.8 Å². The minimum atomic E-state index is 0.644. The summed E-state index contributed by atoms with van der Waals surface area (Å²) in [4.78, 5) is 4.20. The predicted molar refractivity (Wildman–Crippen MR) is 55.1 cm³/mol. The SMILES string of the molecule is CCc1ccnn1-c1ncccc1N. The number of pyridine rings is 1. The van der Waals surface area contributed by atoms with Crippen LogP contribution < -0.4 is 5.73 Å². The van der Waals surface area contributed by atoms with Gasteiger partial charge in [0, 0.05) is 18.1 Å². The molecular formula is C10H12N4. The molecule has 4 nitrogen and oxygen atoms in total. The standard InChI is InChI=1S/C10H12N4/c1-2-8-5-7-13-14(8)10-9(11)4-3-6-12-10/h3-7H,2,11H2,1H3. The summed E-state index contributed by atoms with van der Waals surface area (Å²) in [5.74, 6) is 0.703. The molecule has 0 radical (unpaired) electrons. The highest BCUT2D eigenvalue weighted by Crippen LogP contribution is 2.14. The first-order valence-corrected chi connectivity index (χ1v) is 4.56. The molecule has 0 spiro atoms. The van der Waals surface area contributed by atoms with Crippen molar-refractivity contribution in [1.82, 2.24) is 14.8 Å². The number of hydrogen-bond donors (Lipinski definition) is 1. The fourth-order valence-electron chi connectivity index (χ4n) is 1.38. The van der Waals surface area contributed by atoms with Gasteiger partial charge in [0.1, 0.15) is 0 Å². The van der Waals surface area contributed by atoms with E-state index in [0.29, 0.717) is 11.5 Å². The summed E-state index contributed by atoms with van der Waals surface area (Å²) in [6, 6.07) is 5.60. The molecule has 0 saturated heterocycles. The Hall–Kier alpha value is -1.84. The lowest BCUT2D eigenvalue weighted by atomic mass is 10.3. The summed E-state index contributed by atoms with van der Waals surface area (Å²) in [6.45, 7) is 2.08. The normalized spacial score (nSPS) is 10.4. The van der Waals surface area contributed by atoms with Crippen LogP contribution in [0.1, 0.15) is 12.6 Å². The molecule has 2 heterocycles. The Labute approximate surface area is 82.4 Å². The minimum Gasteiger partial charge on any atom is -0.396 e. The Morgan fingerprint density at radius 1 is 1.36 bits per heavy atom. The number of aryl methyl sites for hydroxylation is 1. The average Bonchev–Trinajstić information content (AvgIpc) is 2.66. The van der Waals surface area contributed by atoms with Crippen molar-refractivity contribution in [3.8, 4) is 5.82 Å². The van der Waals surface area contributed by atoms with E-state index in [1.165, 1.54) is 0 Å². The van der Waals surface area contributed by atoms with Crippen molar-refractivity contribution < 1.29 is 0 Å². The highest BCUT2D eigenvalue weighted by molar-refractivity contribution is 5.52. The molecule has 0 atom stereocenters. The average molecular weight is 188 g/mol. The lowest BCUT2D eigenvalue weighted by molar-refractivity contribution is 0.792. The Morgan fingerprint density at radius 3 is 2.93 bits per heavy atom. The third-order valence-electron chi connectivity index (χ3n) is 2.10. The number of nitrogens with zero attached hydrogens (tertiary/aromatic N) is 3. The maximum atomic E-state index is 5.81. The molecule has 0 unspecified atom stereocenters. The zero-order valence-corrected chi connectivity index (χ0v) is 8.01. The highest BCUT2D eigenvalue weighted by Gasteiger charge is 2.06. The molecule has 2 rings (SSSR count). The predicted octanol–water partition coefficient (Wildman–Crippen LogP) is 1.41. The molecule has 0 fully saturated rings. The number of nitrogen functional groups attached to an aromatic ring is 1. The second-order valence-corrected chi connectivity index (χ2v) is 3.00. The number of nitrogens with two attached hydrogens (primary N) is 1. The molecule has 2 aromatic heterocycles. The molecule has 0 amide bonds. The first-order valence-electron chi connectivity index (χ1n) is 4.56. The summed E-state index contributed by atoms with van der Waals surface area (Å²) in [7, 11) is 0. The van der Waals surface area contributed by atoms with Gasteiger partial charge in [-0.15, -0.1) is 0 Å². The van der Waals surface area contributed by atoms with Gasteiger partial charge < -0.3 is 5.73 Å². The van der Waals surface area contributed by atoms with Crippen molar-refractivity contribution in [2.75, 3.05) is 5.73 Å². The van der Waals surface area contributed by atoms with E-state index >= 15 is 0 Å². The molecular weight excluding hydrogens is 176 g/mol. The summed E-state index contributed by atoms with van der Waals surface area (Å²) < 4.78 is 1.77. The Balaban J connectivity index is 2.54. The molecule has 0 aliphatic heterocycles. The molecule has 72 valence electrons. The van der Waals surface area contributed by atoms with Crippen molar-refractivity contribution in [3.05, 3.63) is 36.3 Å². The first-order chi connectivity index (χ1) is 6.83. The largest absolute Gasteiger partial charge is 0.396 e. The van der Waals surface area contributed by atoms with Gasteiger partial charge in [-0.05, 0) is 24.6 Å². The van der Waals surface area contributed by atoms with Gasteiger partial charge in [0.25, 0.3) is 0 Å². The van der Waals surface area contributed by atoms with Gasteiger partial charge in [-0.25, -0.2) is 9.67 Å². The molecule has 2 N–H and O–H groups in total. The van der Waals surface area contributed by atoms with Crippen LogP contribution in [0.2, 0.25) is 0 Å². The number of rotatable bonds is 2. The van der Waals surface area contributed by atoms with Crippen molar-refractivity contribution in [3.63, 3.8) is 0 Å². The maximum Gasteiger partial charge on any atom is 0.176 e. The molecule has 0 aromatic carbocycles. The van der Waals surface area contributed by atoms with Crippen molar-refractivity contribution in [2.24, 2.45) is 0 Å². The van der Waals surface area contributed by atoms with Crippen molar-refractivity contribution >= 4 is 5.69 Å². The number of aromatic nitrogens is 3. The van der Waals surface area contributed by atoms with Crippen LogP contribution in [0.3, 0.4) is 0 Å². The van der Waals surface area contributed by atoms with E-state index in [9.17, 15) is 0 Å². The molecule has 0 aliphatic rings. The van der Waals surface area contributed by atoms with Gasteiger partial charge in [-0.3, -0.25) is 0 Å². The molecule has 0 bridgehead atoms. The summed E-state index contributed by atoms with van der Waals surface area (Å²) >= 11 is 0. The Bertz CT molecular complexity index is 433. The Morgan fingerprint density at radius 2 is 2.21 bits per heavy atom. The zero-order valence-electron chi connectivity index (χ0n) is 8.01. The van der Waals surface area contributed by atoms with E-state index in [2.05, 4.69) is 17.0 Å². The molecule has 4 heteroatoms. The van der Waals surface area contributed by atoms with Crippen LogP contribution in [0.15, 0.2) is 30.6 Å². The van der Waals surface area contributed by atoms with E-state index < -0.39 is 0 Å². The van der Waals surface area contributed by atoms with Crippen LogP contribution in [0.4, 0.5) is 5.69 Å². The van der Waals surface area contributed by atoms with Gasteiger partial charge in [-0.1, -0.05) is 6.92 Å². The third kappa shape index (κ3) is 1.35. The third-order valence-corrected chi connectivity index (χ3v) is 2.10. The lowest BCUT2D eigenvalue weighted by Gasteiger charge is -2.06. The fraction of sp³-hybridized carbons (Fsp3) is 0.200. The quantitative estimate of drug-likeness (QED) is 0.775. The van der Waals surface area contributed by atoms with E-state index in [4.69, 9.17) is 5.73 Å². The van der Waals surface area contributed by atoms with E-state index in [0.717, 1.165) is 12.1 Å². The van der Waals surface area contributed by atoms with Crippen molar-refractivity contribution in [2.45, 2.75) is 13.3 Å². The van der Waals surface area contributed by atoms with Crippen LogP contribution in [0.25, 0.3) is 5.82 Å². The lowest BCUT2D eigenvalue weighted by Crippen LogP contribution is -2.06. The molecule has 14 heavy (non-hydrogen) atoms. The fourth-order valence-corrected chi connectivity index (χ4v) is 1.38. The molecule has 2 aromatic rings. The van der Waals surface area contributed by atoms with Crippen LogP contribution >= 0.6 is 0 Å². The second kappa shape index (κ2) is 3.49. The van der Waals surface area contributed by atoms with Crippen LogP contribution in [0.5, 0.6) is 0 Å². The van der Waals surface area contributed by atoms with Gasteiger partial charge in [0.15, 0.2) is 5.82 Å². The van der Waals surface area contributed by atoms with Gasteiger partial charge in [0.2, 0.25) is 0 Å². The van der Waals surface area contributed by atoms with Gasteiger partial charge in [-0.2, -0.15) is 5.10 Å². The summed E-state index contributed by atoms with van der Waals surface area (Å²) in [5, 5.41) is 4.19. The topological polar surface area (TPSA) is 56.7 Å². The summed E-state index contributed by atoms with van der Waals surface area (Å²) in [6.07, 6.45) is 4.38. The minimum absolute atomic E-state index is 0.644. The summed E-state index contributed by atoms with van der Waals surface area (Å²) in [5.41, 5.74) is 7.56. The Kier molecular flexibility index (Phi) is 2.18. The van der Waals surface area contributed by atoms with Gasteiger partial charge >= 0.3 is 0 Å². The maximum absolute atomic E-state index is 5.81. The smallest absolute Gasteiger partial charge is 0.176 e. The molecule has 0 saturated carbocycles. The monoisotopic (exact) mass is 188 g/mol. The van der Waals surface area contributed by atoms with Crippen LogP contribution in [-0.2, 0) is 6.42 Å². The number of hydrogen-bond acceptors (Lipinski definition) is 3. The highest BCUT2D eigenvalue weighted by atomic mass is 15.3. The second-order valence-electron chi connectivity index (χ2n) is 3.00. The van der Waals surface area contributed by atoms with E-state index in [1.54, 1.807) is 17.1 Å². The van der Waals surface area contributed by atoms with Crippen LogP contribution in [0, 0.1) is 0 Å². The number of anilines is 1. The van der Waals surface area contributed by atoms with Gasteiger partial charge in [0.05, 0.1) is 5.69 Å². The first kappa shape index (κ1) is 8.74. The molecule has 0 aliphatic carbocycles. The zero-order chi connectivity index (χ0) is 9.97. The van der Waals surface area contributed by atoms with Crippen molar-refractivity contribution in [1.29, 1.82) is 0 Å². The van der Waals surface area contributed by atoms with E-state index in [-0.39, 0.29) is 0 Å². The van der Waals surface area contributed by atoms with E-state index in [1.807, 2.05) is 18.2 Å².